The number of rotatable bonds is 3. The number of carbonyl (C=O) groups excluding carboxylic acids is 1. The highest BCUT2D eigenvalue weighted by atomic mass is 32.2. The molecule has 0 heterocycles. The van der Waals surface area contributed by atoms with E-state index in [1.807, 2.05) is 25.3 Å². The van der Waals surface area contributed by atoms with Gasteiger partial charge in [-0.05, 0) is 19.3 Å². The van der Waals surface area contributed by atoms with Crippen LogP contribution in [0.15, 0.2) is 23.1 Å². The van der Waals surface area contributed by atoms with Gasteiger partial charge in [-0.25, -0.2) is 0 Å². The molecule has 0 unspecified atom stereocenters. The molecule has 0 fully saturated rings. The van der Waals surface area contributed by atoms with Crippen LogP contribution in [0, 0.1) is 0 Å². The second kappa shape index (κ2) is 5.63. The molecule has 0 spiro atoms. The first-order valence-electron chi connectivity index (χ1n) is 2.67. The number of thioether (sulfide) groups is 1. The van der Waals surface area contributed by atoms with Gasteiger partial charge in [0.25, 0.3) is 0 Å². The lowest BCUT2D eigenvalue weighted by Gasteiger charge is -1.85. The van der Waals surface area contributed by atoms with E-state index >= 15 is 0 Å². The fourth-order valence-corrected chi connectivity index (χ4v) is 0.657. The summed E-state index contributed by atoms with van der Waals surface area (Å²) in [6, 6.07) is 0. The highest BCUT2D eigenvalue weighted by Crippen LogP contribution is 2.06. The molecule has 0 radical (unpaired) electrons. The lowest BCUT2D eigenvalue weighted by Crippen LogP contribution is -1.72. The third kappa shape index (κ3) is 4.03. The summed E-state index contributed by atoms with van der Waals surface area (Å²) >= 11 is 1.45. The van der Waals surface area contributed by atoms with Gasteiger partial charge in [-0.15, -0.1) is 11.8 Å². The van der Waals surface area contributed by atoms with Crippen LogP contribution in [-0.2, 0) is 4.79 Å². The van der Waals surface area contributed by atoms with Crippen molar-refractivity contribution in [3.8, 4) is 0 Å². The molecule has 1 nitrogen and oxygen atoms in total. The first kappa shape index (κ1) is 8.50. The van der Waals surface area contributed by atoms with E-state index in [1.165, 1.54) is 11.8 Å². The van der Waals surface area contributed by atoms with Gasteiger partial charge in [-0.2, -0.15) is 0 Å². The van der Waals surface area contributed by atoms with Gasteiger partial charge in [-0.1, -0.05) is 12.2 Å². The van der Waals surface area contributed by atoms with E-state index in [9.17, 15) is 4.79 Å². The van der Waals surface area contributed by atoms with Crippen LogP contribution in [0.3, 0.4) is 0 Å². The summed E-state index contributed by atoms with van der Waals surface area (Å²) in [5.74, 6) is 0. The highest BCUT2D eigenvalue weighted by molar-refractivity contribution is 8.03. The molecule has 0 rings (SSSR count). The number of carbonyl (C=O) groups is 1. The molecule has 0 aliphatic carbocycles. The molecule has 0 saturated carbocycles. The maximum atomic E-state index is 10.1. The number of hydrogen-bond acceptors (Lipinski definition) is 2. The molecule has 0 aliphatic heterocycles. The van der Waals surface area contributed by atoms with Gasteiger partial charge in [0.15, 0.2) is 6.29 Å². The zero-order valence-corrected chi connectivity index (χ0v) is 6.44. The Morgan fingerprint density at radius 3 is 2.56 bits per heavy atom. The summed E-state index contributed by atoms with van der Waals surface area (Å²) in [5.41, 5.74) is 0. The molecule has 0 amide bonds. The molecule has 9 heavy (non-hydrogen) atoms. The van der Waals surface area contributed by atoms with Crippen molar-refractivity contribution in [2.75, 3.05) is 6.26 Å². The summed E-state index contributed by atoms with van der Waals surface area (Å²) in [4.78, 5) is 10.9. The minimum Gasteiger partial charge on any atom is -0.297 e. The fraction of sp³-hybridized carbons (Fsp3) is 0.286. The van der Waals surface area contributed by atoms with Gasteiger partial charge in [0.1, 0.15) is 0 Å². The highest BCUT2D eigenvalue weighted by Gasteiger charge is 1.84. The Labute approximate surface area is 59.8 Å². The summed E-state index contributed by atoms with van der Waals surface area (Å²) in [6.07, 6.45) is 8.26. The van der Waals surface area contributed by atoms with Gasteiger partial charge in [0.2, 0.25) is 0 Å². The predicted octanol–water partition coefficient (Wildman–Crippen LogP) is 2.01. The summed E-state index contributed by atoms with van der Waals surface area (Å²) < 4.78 is 0. The molecule has 0 saturated heterocycles. The van der Waals surface area contributed by atoms with Crippen molar-refractivity contribution < 1.29 is 4.79 Å². The van der Waals surface area contributed by atoms with Crippen LogP contribution in [0.2, 0.25) is 0 Å². The molecule has 0 aromatic carbocycles. The van der Waals surface area contributed by atoms with Gasteiger partial charge in [-0.3, -0.25) is 4.79 Å². The minimum absolute atomic E-state index is 0.758. The molecule has 0 aliphatic rings. The minimum atomic E-state index is 0.758. The van der Waals surface area contributed by atoms with Crippen LogP contribution in [0.25, 0.3) is 0 Å². The summed E-state index contributed by atoms with van der Waals surface area (Å²) in [5, 5.41) is 0. The zero-order valence-electron chi connectivity index (χ0n) is 5.63. The zero-order chi connectivity index (χ0) is 7.11. The number of aldehydes is 1. The fourth-order valence-electron chi connectivity index (χ4n) is 0.347. The van der Waals surface area contributed by atoms with Crippen LogP contribution in [0.5, 0.6) is 0 Å². The number of allylic oxidation sites excluding steroid dienone is 4. The molecule has 50 valence electrons. The standard InChI is InChI=1S/C7H10OS/c1-3-4-5-7(6-8)9-2/h3-6H,1-2H3/b4-3+,7-5-. The van der Waals surface area contributed by atoms with E-state index in [0.717, 1.165) is 11.2 Å². The smallest absolute Gasteiger partial charge is 0.156 e. The molecule has 0 atom stereocenters. The van der Waals surface area contributed by atoms with Crippen molar-refractivity contribution in [2.45, 2.75) is 6.92 Å². The Morgan fingerprint density at radius 2 is 2.22 bits per heavy atom. The van der Waals surface area contributed by atoms with Gasteiger partial charge >= 0.3 is 0 Å². The van der Waals surface area contributed by atoms with Gasteiger partial charge in [0.05, 0.1) is 0 Å². The molecule has 0 N–H and O–H groups in total. The first-order valence-corrected chi connectivity index (χ1v) is 3.89. The Balaban J connectivity index is 3.90. The van der Waals surface area contributed by atoms with E-state index in [2.05, 4.69) is 0 Å². The van der Waals surface area contributed by atoms with E-state index in [1.54, 1.807) is 6.08 Å². The SMILES string of the molecule is C/C=C/C=C(/C=O)SC. The third-order valence-corrected chi connectivity index (χ3v) is 1.51. The molecule has 0 aromatic heterocycles. The average molecular weight is 142 g/mol. The van der Waals surface area contributed by atoms with Crippen molar-refractivity contribution in [3.63, 3.8) is 0 Å². The van der Waals surface area contributed by atoms with Crippen molar-refractivity contribution in [1.29, 1.82) is 0 Å². The molecule has 0 aromatic rings. The first-order chi connectivity index (χ1) is 4.35. The van der Waals surface area contributed by atoms with Crippen molar-refractivity contribution in [1.82, 2.24) is 0 Å². The van der Waals surface area contributed by atoms with E-state index < -0.39 is 0 Å². The largest absolute Gasteiger partial charge is 0.297 e. The Bertz CT molecular complexity index is 136. The van der Waals surface area contributed by atoms with Crippen LogP contribution in [-0.4, -0.2) is 12.5 Å². The topological polar surface area (TPSA) is 17.1 Å². The predicted molar refractivity (Wildman–Crippen MR) is 42.5 cm³/mol. The Hall–Kier alpha value is -0.500. The molecule has 2 heteroatoms. The monoisotopic (exact) mass is 142 g/mol. The lowest BCUT2D eigenvalue weighted by atomic mass is 10.4. The molecular formula is C7H10OS. The van der Waals surface area contributed by atoms with Gasteiger partial charge < -0.3 is 0 Å². The quantitative estimate of drug-likeness (QED) is 0.340. The Morgan fingerprint density at radius 1 is 1.56 bits per heavy atom. The van der Waals surface area contributed by atoms with Gasteiger partial charge in [0, 0.05) is 4.91 Å². The molecule has 0 bridgehead atoms. The number of hydrogen-bond donors (Lipinski definition) is 0. The van der Waals surface area contributed by atoms with E-state index in [0.29, 0.717) is 0 Å². The Kier molecular flexibility index (Phi) is 5.32. The van der Waals surface area contributed by atoms with E-state index in [-0.39, 0.29) is 0 Å². The van der Waals surface area contributed by atoms with Crippen LogP contribution < -0.4 is 0 Å². The second-order valence-corrected chi connectivity index (χ2v) is 2.30. The van der Waals surface area contributed by atoms with Crippen LogP contribution in [0.4, 0.5) is 0 Å². The van der Waals surface area contributed by atoms with E-state index in [4.69, 9.17) is 0 Å². The second-order valence-electron chi connectivity index (χ2n) is 1.42. The maximum Gasteiger partial charge on any atom is 0.156 e. The molecular weight excluding hydrogens is 132 g/mol. The summed E-state index contributed by atoms with van der Waals surface area (Å²) in [7, 11) is 0. The normalized spacial score (nSPS) is 12.4. The summed E-state index contributed by atoms with van der Waals surface area (Å²) in [6.45, 7) is 1.92. The lowest BCUT2D eigenvalue weighted by molar-refractivity contribution is -0.104. The van der Waals surface area contributed by atoms with Crippen molar-refractivity contribution in [2.24, 2.45) is 0 Å². The maximum absolute atomic E-state index is 10.1. The van der Waals surface area contributed by atoms with Crippen molar-refractivity contribution in [3.05, 3.63) is 23.1 Å². The third-order valence-electron chi connectivity index (χ3n) is 0.805. The van der Waals surface area contributed by atoms with Crippen molar-refractivity contribution >= 4 is 18.0 Å². The van der Waals surface area contributed by atoms with Crippen LogP contribution in [0.1, 0.15) is 6.92 Å². The van der Waals surface area contributed by atoms with Crippen LogP contribution >= 0.6 is 11.8 Å². The average Bonchev–Trinajstić information content (AvgIpc) is 1.91.